The fraction of sp³-hybridized carbons (Fsp3) is 0.444. The van der Waals surface area contributed by atoms with E-state index in [1.165, 1.54) is 11.1 Å². The van der Waals surface area contributed by atoms with Gasteiger partial charge in [0.1, 0.15) is 11.5 Å². The van der Waals surface area contributed by atoms with Gasteiger partial charge in [0.25, 0.3) is 5.91 Å². The minimum atomic E-state index is -0.169. The summed E-state index contributed by atoms with van der Waals surface area (Å²) in [5, 5.41) is 6.87. The van der Waals surface area contributed by atoms with Crippen LogP contribution in [-0.4, -0.2) is 23.7 Å². The standard InChI is InChI=1S/C18H20N2O3/c1-11(8-12-2-5-16-14(9-12)6-7-22-16)19-18(21)15-10-17(23-20-15)13-3-4-13/h2,5,9-11,13H,3-4,6-8H2,1H3,(H,19,21)/t11-/m1/s1. The second-order valence-electron chi connectivity index (χ2n) is 6.51. The summed E-state index contributed by atoms with van der Waals surface area (Å²) in [6, 6.07) is 8.06. The molecule has 23 heavy (non-hydrogen) atoms. The Kier molecular flexibility index (Phi) is 3.56. The summed E-state index contributed by atoms with van der Waals surface area (Å²) < 4.78 is 10.8. The molecule has 2 aliphatic rings. The lowest BCUT2D eigenvalue weighted by Gasteiger charge is -2.13. The van der Waals surface area contributed by atoms with Gasteiger partial charge in [0.2, 0.25) is 0 Å². The lowest BCUT2D eigenvalue weighted by Crippen LogP contribution is -2.34. The van der Waals surface area contributed by atoms with Crippen molar-refractivity contribution < 1.29 is 14.1 Å². The van der Waals surface area contributed by atoms with Gasteiger partial charge in [0, 0.05) is 24.4 Å². The lowest BCUT2D eigenvalue weighted by atomic mass is 10.0. The molecule has 0 radical (unpaired) electrons. The molecule has 1 aliphatic carbocycles. The maximum atomic E-state index is 12.2. The number of hydrogen-bond donors (Lipinski definition) is 1. The average molecular weight is 312 g/mol. The highest BCUT2D eigenvalue weighted by molar-refractivity contribution is 5.92. The molecule has 2 aromatic rings. The van der Waals surface area contributed by atoms with Crippen molar-refractivity contribution in [1.29, 1.82) is 0 Å². The number of amides is 1. The Morgan fingerprint density at radius 1 is 1.39 bits per heavy atom. The Bertz CT molecular complexity index is 734. The average Bonchev–Trinajstić information content (AvgIpc) is 3.08. The molecule has 1 aromatic heterocycles. The number of fused-ring (bicyclic) bond motifs is 1. The Balaban J connectivity index is 1.37. The van der Waals surface area contributed by atoms with Crippen LogP contribution in [0.25, 0.3) is 0 Å². The number of carbonyl (C=O) groups excluding carboxylic acids is 1. The van der Waals surface area contributed by atoms with Crippen molar-refractivity contribution in [3.63, 3.8) is 0 Å². The van der Waals surface area contributed by atoms with Crippen LogP contribution >= 0.6 is 0 Å². The van der Waals surface area contributed by atoms with Crippen molar-refractivity contribution in [3.8, 4) is 5.75 Å². The van der Waals surface area contributed by atoms with Gasteiger partial charge in [-0.25, -0.2) is 0 Å². The van der Waals surface area contributed by atoms with Gasteiger partial charge in [0.05, 0.1) is 6.61 Å². The van der Waals surface area contributed by atoms with Crippen molar-refractivity contribution in [3.05, 3.63) is 46.8 Å². The monoisotopic (exact) mass is 312 g/mol. The zero-order valence-electron chi connectivity index (χ0n) is 13.2. The van der Waals surface area contributed by atoms with Crippen LogP contribution in [0.2, 0.25) is 0 Å². The molecular weight excluding hydrogens is 292 g/mol. The fourth-order valence-corrected chi connectivity index (χ4v) is 3.03. The fourth-order valence-electron chi connectivity index (χ4n) is 3.03. The lowest BCUT2D eigenvalue weighted by molar-refractivity contribution is 0.0931. The summed E-state index contributed by atoms with van der Waals surface area (Å²) in [7, 11) is 0. The molecule has 1 fully saturated rings. The van der Waals surface area contributed by atoms with Gasteiger partial charge >= 0.3 is 0 Å². The number of ether oxygens (including phenoxy) is 1. The molecule has 4 rings (SSSR count). The van der Waals surface area contributed by atoms with E-state index in [1.54, 1.807) is 6.07 Å². The second kappa shape index (κ2) is 5.72. The third-order valence-electron chi connectivity index (χ3n) is 4.41. The number of rotatable bonds is 5. The van der Waals surface area contributed by atoms with E-state index in [-0.39, 0.29) is 11.9 Å². The zero-order valence-corrected chi connectivity index (χ0v) is 13.2. The summed E-state index contributed by atoms with van der Waals surface area (Å²) in [6.45, 7) is 2.77. The molecular formula is C18H20N2O3. The number of benzene rings is 1. The molecule has 1 aromatic carbocycles. The molecule has 0 bridgehead atoms. The Labute approximate surface area is 135 Å². The first-order valence-electron chi connectivity index (χ1n) is 8.21. The molecule has 1 atom stereocenters. The number of hydrogen-bond acceptors (Lipinski definition) is 4. The van der Waals surface area contributed by atoms with E-state index in [0.717, 1.165) is 43.8 Å². The van der Waals surface area contributed by atoms with Crippen LogP contribution in [0.1, 0.15) is 53.1 Å². The predicted octanol–water partition coefficient (Wildman–Crippen LogP) is 2.85. The number of nitrogens with one attached hydrogen (secondary N) is 1. The highest BCUT2D eigenvalue weighted by Crippen LogP contribution is 2.40. The Morgan fingerprint density at radius 3 is 3.09 bits per heavy atom. The van der Waals surface area contributed by atoms with Crippen LogP contribution in [0.3, 0.4) is 0 Å². The summed E-state index contributed by atoms with van der Waals surface area (Å²) in [5.74, 6) is 2.12. The van der Waals surface area contributed by atoms with Crippen LogP contribution in [0.15, 0.2) is 28.8 Å². The second-order valence-corrected chi connectivity index (χ2v) is 6.51. The maximum Gasteiger partial charge on any atom is 0.273 e. The van der Waals surface area contributed by atoms with Gasteiger partial charge in [-0.15, -0.1) is 0 Å². The van der Waals surface area contributed by atoms with Crippen LogP contribution in [0, 0.1) is 0 Å². The van der Waals surface area contributed by atoms with Gasteiger partial charge in [-0.1, -0.05) is 17.3 Å². The van der Waals surface area contributed by atoms with E-state index in [4.69, 9.17) is 9.26 Å². The van der Waals surface area contributed by atoms with Crippen molar-refractivity contribution in [2.45, 2.75) is 44.6 Å². The molecule has 1 amide bonds. The normalized spacial score (nSPS) is 17.4. The minimum Gasteiger partial charge on any atom is -0.493 e. The molecule has 2 heterocycles. The number of nitrogens with zero attached hydrogens (tertiary/aromatic N) is 1. The minimum absolute atomic E-state index is 0.0314. The maximum absolute atomic E-state index is 12.2. The van der Waals surface area contributed by atoms with E-state index in [9.17, 15) is 4.79 Å². The van der Waals surface area contributed by atoms with Gasteiger partial charge < -0.3 is 14.6 Å². The molecule has 0 saturated heterocycles. The van der Waals surface area contributed by atoms with Crippen LogP contribution in [0.4, 0.5) is 0 Å². The highest BCUT2D eigenvalue weighted by Gasteiger charge is 2.29. The van der Waals surface area contributed by atoms with Gasteiger partial charge in [-0.2, -0.15) is 0 Å². The number of aromatic nitrogens is 1. The predicted molar refractivity (Wildman–Crippen MR) is 84.8 cm³/mol. The van der Waals surface area contributed by atoms with E-state index < -0.39 is 0 Å². The van der Waals surface area contributed by atoms with Crippen LogP contribution in [-0.2, 0) is 12.8 Å². The highest BCUT2D eigenvalue weighted by atomic mass is 16.5. The molecule has 5 heteroatoms. The topological polar surface area (TPSA) is 64.4 Å². The zero-order chi connectivity index (χ0) is 15.8. The summed E-state index contributed by atoms with van der Waals surface area (Å²) in [6.07, 6.45) is 4.02. The van der Waals surface area contributed by atoms with Gasteiger partial charge in [-0.3, -0.25) is 4.79 Å². The van der Waals surface area contributed by atoms with E-state index in [2.05, 4.69) is 22.6 Å². The third kappa shape index (κ3) is 3.09. The largest absolute Gasteiger partial charge is 0.493 e. The molecule has 1 N–H and O–H groups in total. The first-order chi connectivity index (χ1) is 11.2. The smallest absolute Gasteiger partial charge is 0.273 e. The van der Waals surface area contributed by atoms with Gasteiger partial charge in [-0.05, 0) is 43.4 Å². The van der Waals surface area contributed by atoms with Crippen LogP contribution in [0.5, 0.6) is 5.75 Å². The van der Waals surface area contributed by atoms with Crippen LogP contribution < -0.4 is 10.1 Å². The molecule has 1 aliphatic heterocycles. The number of carbonyl (C=O) groups is 1. The molecule has 0 unspecified atom stereocenters. The summed E-state index contributed by atoms with van der Waals surface area (Å²) >= 11 is 0. The molecule has 120 valence electrons. The third-order valence-corrected chi connectivity index (χ3v) is 4.41. The van der Waals surface area contributed by atoms with Crippen molar-refractivity contribution in [2.75, 3.05) is 6.61 Å². The first-order valence-corrected chi connectivity index (χ1v) is 8.21. The van der Waals surface area contributed by atoms with E-state index in [1.807, 2.05) is 13.0 Å². The van der Waals surface area contributed by atoms with Crippen molar-refractivity contribution in [1.82, 2.24) is 10.5 Å². The summed E-state index contributed by atoms with van der Waals surface area (Å²) in [4.78, 5) is 12.2. The molecule has 0 spiro atoms. The van der Waals surface area contributed by atoms with Crippen molar-refractivity contribution >= 4 is 5.91 Å². The van der Waals surface area contributed by atoms with Crippen molar-refractivity contribution in [2.24, 2.45) is 0 Å². The first kappa shape index (κ1) is 14.3. The Morgan fingerprint density at radius 2 is 2.26 bits per heavy atom. The quantitative estimate of drug-likeness (QED) is 0.922. The Hall–Kier alpha value is -2.30. The van der Waals surface area contributed by atoms with E-state index >= 15 is 0 Å². The summed E-state index contributed by atoms with van der Waals surface area (Å²) in [5.41, 5.74) is 2.84. The molecule has 1 saturated carbocycles. The van der Waals surface area contributed by atoms with Gasteiger partial charge in [0.15, 0.2) is 5.69 Å². The SMILES string of the molecule is C[C@H](Cc1ccc2c(c1)CCO2)NC(=O)c1cc(C2CC2)on1. The molecule has 5 nitrogen and oxygen atoms in total. The van der Waals surface area contributed by atoms with E-state index in [0.29, 0.717) is 11.6 Å².